The third-order valence-corrected chi connectivity index (χ3v) is 4.39. The molecule has 16 heavy (non-hydrogen) atoms. The van der Waals surface area contributed by atoms with Gasteiger partial charge in [-0.2, -0.15) is 0 Å². The SMILES string of the molecule is CCCCCCCC1=C(C)C(C)C1CCC. The molecule has 0 fully saturated rings. The van der Waals surface area contributed by atoms with Crippen LogP contribution in [0.3, 0.4) is 0 Å². The normalized spacial score (nSPS) is 24.8. The van der Waals surface area contributed by atoms with E-state index < -0.39 is 0 Å². The summed E-state index contributed by atoms with van der Waals surface area (Å²) in [6, 6.07) is 0. The van der Waals surface area contributed by atoms with Gasteiger partial charge in [0.25, 0.3) is 0 Å². The highest BCUT2D eigenvalue weighted by Crippen LogP contribution is 2.45. The minimum Gasteiger partial charge on any atom is -0.0704 e. The van der Waals surface area contributed by atoms with Crippen LogP contribution in [-0.2, 0) is 0 Å². The zero-order valence-corrected chi connectivity index (χ0v) is 11.8. The topological polar surface area (TPSA) is 0 Å². The van der Waals surface area contributed by atoms with Gasteiger partial charge in [-0.3, -0.25) is 0 Å². The van der Waals surface area contributed by atoms with Gasteiger partial charge in [-0.15, -0.1) is 0 Å². The lowest BCUT2D eigenvalue weighted by Gasteiger charge is -2.39. The minimum atomic E-state index is 0.880. The number of rotatable bonds is 8. The maximum absolute atomic E-state index is 2.41. The lowest BCUT2D eigenvalue weighted by atomic mass is 9.66. The monoisotopic (exact) mass is 222 g/mol. The third-order valence-electron chi connectivity index (χ3n) is 4.39. The summed E-state index contributed by atoms with van der Waals surface area (Å²) < 4.78 is 0. The predicted molar refractivity (Wildman–Crippen MR) is 73.6 cm³/mol. The molecule has 0 heterocycles. The van der Waals surface area contributed by atoms with Gasteiger partial charge in [0, 0.05) is 0 Å². The summed E-state index contributed by atoms with van der Waals surface area (Å²) >= 11 is 0. The van der Waals surface area contributed by atoms with Crippen LogP contribution in [0, 0.1) is 11.8 Å². The van der Waals surface area contributed by atoms with Gasteiger partial charge in [0.15, 0.2) is 0 Å². The van der Waals surface area contributed by atoms with Crippen LogP contribution in [0.1, 0.15) is 79.1 Å². The quantitative estimate of drug-likeness (QED) is 0.363. The van der Waals surface area contributed by atoms with Crippen LogP contribution < -0.4 is 0 Å². The molecule has 0 aromatic carbocycles. The molecular formula is C16H30. The van der Waals surface area contributed by atoms with Crippen LogP contribution in [0.4, 0.5) is 0 Å². The Morgan fingerprint density at radius 3 is 2.25 bits per heavy atom. The van der Waals surface area contributed by atoms with Crippen molar-refractivity contribution in [3.63, 3.8) is 0 Å². The van der Waals surface area contributed by atoms with Crippen molar-refractivity contribution in [3.8, 4) is 0 Å². The van der Waals surface area contributed by atoms with E-state index in [4.69, 9.17) is 0 Å². The van der Waals surface area contributed by atoms with Gasteiger partial charge in [-0.25, -0.2) is 0 Å². The van der Waals surface area contributed by atoms with E-state index in [-0.39, 0.29) is 0 Å². The molecule has 0 spiro atoms. The van der Waals surface area contributed by atoms with E-state index in [9.17, 15) is 0 Å². The first-order chi connectivity index (χ1) is 7.72. The van der Waals surface area contributed by atoms with Crippen molar-refractivity contribution in [2.75, 3.05) is 0 Å². The summed E-state index contributed by atoms with van der Waals surface area (Å²) in [7, 11) is 0. The van der Waals surface area contributed by atoms with Crippen LogP contribution in [0.5, 0.6) is 0 Å². The first-order valence-electron chi connectivity index (χ1n) is 7.41. The van der Waals surface area contributed by atoms with E-state index in [0.717, 1.165) is 11.8 Å². The number of unbranched alkanes of at least 4 members (excludes halogenated alkanes) is 4. The summed E-state index contributed by atoms with van der Waals surface area (Å²) in [5.41, 5.74) is 3.54. The average molecular weight is 222 g/mol. The van der Waals surface area contributed by atoms with Crippen LogP contribution >= 0.6 is 0 Å². The Bertz CT molecular complexity index is 224. The van der Waals surface area contributed by atoms with Gasteiger partial charge >= 0.3 is 0 Å². The molecule has 0 saturated heterocycles. The largest absolute Gasteiger partial charge is 0.0704 e. The molecule has 0 nitrogen and oxygen atoms in total. The highest BCUT2D eigenvalue weighted by Gasteiger charge is 2.32. The van der Waals surface area contributed by atoms with E-state index in [2.05, 4.69) is 27.7 Å². The molecule has 1 rings (SSSR count). The lowest BCUT2D eigenvalue weighted by Crippen LogP contribution is -2.27. The molecule has 0 radical (unpaired) electrons. The fourth-order valence-corrected chi connectivity index (χ4v) is 3.13. The van der Waals surface area contributed by atoms with Crippen molar-refractivity contribution in [2.45, 2.75) is 79.1 Å². The molecule has 0 saturated carbocycles. The van der Waals surface area contributed by atoms with Crippen LogP contribution in [0.15, 0.2) is 11.1 Å². The van der Waals surface area contributed by atoms with Gasteiger partial charge < -0.3 is 0 Å². The molecule has 0 aromatic heterocycles. The molecule has 0 aliphatic heterocycles. The Balaban J connectivity index is 2.25. The molecular weight excluding hydrogens is 192 g/mol. The summed E-state index contributed by atoms with van der Waals surface area (Å²) in [5.74, 6) is 1.82. The molecule has 94 valence electrons. The molecule has 0 bridgehead atoms. The Labute approximate surface area is 103 Å². The second-order valence-electron chi connectivity index (χ2n) is 5.56. The summed E-state index contributed by atoms with van der Waals surface area (Å²) in [6.07, 6.45) is 11.3. The smallest absolute Gasteiger partial charge is 0.0138 e. The van der Waals surface area contributed by atoms with E-state index in [1.54, 1.807) is 5.57 Å². The highest BCUT2D eigenvalue weighted by atomic mass is 14.4. The van der Waals surface area contributed by atoms with Crippen molar-refractivity contribution in [1.29, 1.82) is 0 Å². The summed E-state index contributed by atoms with van der Waals surface area (Å²) in [6.45, 7) is 9.38. The Kier molecular flexibility index (Phi) is 6.16. The molecule has 0 amide bonds. The van der Waals surface area contributed by atoms with Gasteiger partial charge in [-0.1, -0.05) is 64.0 Å². The standard InChI is InChI=1S/C16H30/c1-5-7-8-9-10-12-16-14(4)13(3)15(16)11-6-2/h13,15H,5-12H2,1-4H3. The van der Waals surface area contributed by atoms with Crippen molar-refractivity contribution in [2.24, 2.45) is 11.8 Å². The van der Waals surface area contributed by atoms with E-state index in [0.29, 0.717) is 0 Å². The fourth-order valence-electron chi connectivity index (χ4n) is 3.13. The van der Waals surface area contributed by atoms with Crippen molar-refractivity contribution < 1.29 is 0 Å². The highest BCUT2D eigenvalue weighted by molar-refractivity contribution is 5.30. The van der Waals surface area contributed by atoms with Crippen molar-refractivity contribution >= 4 is 0 Å². The first-order valence-corrected chi connectivity index (χ1v) is 7.41. The first kappa shape index (κ1) is 13.8. The number of allylic oxidation sites excluding steroid dienone is 2. The van der Waals surface area contributed by atoms with Crippen LogP contribution in [0.2, 0.25) is 0 Å². The second kappa shape index (κ2) is 7.14. The zero-order valence-electron chi connectivity index (χ0n) is 11.8. The fraction of sp³-hybridized carbons (Fsp3) is 0.875. The molecule has 1 aliphatic rings. The van der Waals surface area contributed by atoms with Crippen LogP contribution in [-0.4, -0.2) is 0 Å². The van der Waals surface area contributed by atoms with Crippen LogP contribution in [0.25, 0.3) is 0 Å². The molecule has 0 N–H and O–H groups in total. The maximum atomic E-state index is 2.41. The molecule has 0 aromatic rings. The van der Waals surface area contributed by atoms with E-state index in [1.165, 1.54) is 51.4 Å². The van der Waals surface area contributed by atoms with Crippen molar-refractivity contribution in [1.82, 2.24) is 0 Å². The van der Waals surface area contributed by atoms with Gasteiger partial charge in [-0.05, 0) is 38.0 Å². The zero-order chi connectivity index (χ0) is 12.0. The average Bonchev–Trinajstić information content (AvgIpc) is 2.31. The van der Waals surface area contributed by atoms with E-state index in [1.807, 2.05) is 5.57 Å². The maximum Gasteiger partial charge on any atom is -0.0138 e. The van der Waals surface area contributed by atoms with Gasteiger partial charge in [0.05, 0.1) is 0 Å². The summed E-state index contributed by atoms with van der Waals surface area (Å²) in [4.78, 5) is 0. The Morgan fingerprint density at radius 2 is 1.62 bits per heavy atom. The predicted octanol–water partition coefficient (Wildman–Crippen LogP) is 5.73. The summed E-state index contributed by atoms with van der Waals surface area (Å²) in [5, 5.41) is 0. The van der Waals surface area contributed by atoms with Gasteiger partial charge in [0.1, 0.15) is 0 Å². The second-order valence-corrected chi connectivity index (χ2v) is 5.56. The van der Waals surface area contributed by atoms with Gasteiger partial charge in [0.2, 0.25) is 0 Å². The molecule has 2 unspecified atom stereocenters. The minimum absolute atomic E-state index is 0.880. The molecule has 1 aliphatic carbocycles. The Hall–Kier alpha value is -0.260. The third kappa shape index (κ3) is 3.37. The molecule has 2 atom stereocenters. The number of hydrogen-bond acceptors (Lipinski definition) is 0. The lowest BCUT2D eigenvalue weighted by molar-refractivity contribution is 0.348. The molecule has 0 heteroatoms. The van der Waals surface area contributed by atoms with Crippen molar-refractivity contribution in [3.05, 3.63) is 11.1 Å². The number of hydrogen-bond donors (Lipinski definition) is 0. The van der Waals surface area contributed by atoms with E-state index >= 15 is 0 Å². The Morgan fingerprint density at radius 1 is 0.938 bits per heavy atom.